The summed E-state index contributed by atoms with van der Waals surface area (Å²) in [5.41, 5.74) is 1.42. The largest absolute Gasteiger partial charge is 0.466 e. The van der Waals surface area contributed by atoms with Crippen LogP contribution in [-0.4, -0.2) is 42.3 Å². The summed E-state index contributed by atoms with van der Waals surface area (Å²) in [6, 6.07) is 1.09. The molecule has 0 aliphatic carbocycles. The fourth-order valence-electron chi connectivity index (χ4n) is 2.11. The Hall–Kier alpha value is -1.70. The molecular formula is C16H22ClN3O3Si. The summed E-state index contributed by atoms with van der Waals surface area (Å²) in [4.78, 5) is 19.6. The first kappa shape index (κ1) is 18.6. The molecule has 0 aromatic carbocycles. The van der Waals surface area contributed by atoms with Gasteiger partial charge in [0.2, 0.25) is 0 Å². The number of carbonyl (C=O) groups excluding carboxylic acids is 1. The summed E-state index contributed by atoms with van der Waals surface area (Å²) < 4.78 is 12.3. The minimum Gasteiger partial charge on any atom is -0.466 e. The lowest BCUT2D eigenvalue weighted by Crippen LogP contribution is -2.22. The lowest BCUT2D eigenvalue weighted by atomic mass is 10.2. The lowest BCUT2D eigenvalue weighted by molar-refractivity contribution is -0.134. The maximum absolute atomic E-state index is 11.3. The summed E-state index contributed by atoms with van der Waals surface area (Å²) in [6.45, 7) is 8.01. The Balaban J connectivity index is 2.23. The number of hydrogen-bond acceptors (Lipinski definition) is 5. The van der Waals surface area contributed by atoms with Crippen molar-refractivity contribution in [1.29, 1.82) is 0 Å². The fraction of sp³-hybridized carbons (Fsp3) is 0.438. The second-order valence-electron chi connectivity index (χ2n) is 6.62. The minimum absolute atomic E-state index is 0.338. The molecule has 130 valence electrons. The number of halogens is 1. The van der Waals surface area contributed by atoms with Gasteiger partial charge in [-0.2, -0.15) is 0 Å². The molecule has 0 radical (unpaired) electrons. The molecule has 0 saturated heterocycles. The Kier molecular flexibility index (Phi) is 6.14. The third kappa shape index (κ3) is 4.89. The molecule has 0 spiro atoms. The molecule has 0 atom stereocenters. The molecule has 0 saturated carbocycles. The molecule has 24 heavy (non-hydrogen) atoms. The van der Waals surface area contributed by atoms with E-state index >= 15 is 0 Å². The highest BCUT2D eigenvalue weighted by atomic mass is 35.5. The van der Waals surface area contributed by atoms with E-state index in [1.165, 1.54) is 19.5 Å². The highest BCUT2D eigenvalue weighted by molar-refractivity contribution is 6.76. The van der Waals surface area contributed by atoms with Gasteiger partial charge < -0.3 is 14.0 Å². The molecule has 2 aromatic heterocycles. The zero-order valence-electron chi connectivity index (χ0n) is 14.4. The van der Waals surface area contributed by atoms with E-state index in [-0.39, 0.29) is 0 Å². The Labute approximate surface area is 147 Å². The van der Waals surface area contributed by atoms with Crippen molar-refractivity contribution >= 4 is 42.8 Å². The van der Waals surface area contributed by atoms with Crippen LogP contribution in [-0.2, 0) is 21.0 Å². The molecule has 0 fully saturated rings. The van der Waals surface area contributed by atoms with Gasteiger partial charge in [0.15, 0.2) is 0 Å². The molecule has 0 amide bonds. The van der Waals surface area contributed by atoms with Crippen molar-refractivity contribution in [3.63, 3.8) is 0 Å². The van der Waals surface area contributed by atoms with E-state index in [1.54, 1.807) is 6.08 Å². The first-order chi connectivity index (χ1) is 11.3. The SMILES string of the molecule is COC(=O)/C=C/c1cn(COCC[Si](C)(C)C)c2ncnc(Cl)c12. The molecule has 6 nitrogen and oxygen atoms in total. The van der Waals surface area contributed by atoms with Gasteiger partial charge in [-0.25, -0.2) is 14.8 Å². The van der Waals surface area contributed by atoms with E-state index in [0.717, 1.165) is 11.6 Å². The number of rotatable bonds is 7. The second kappa shape index (κ2) is 7.91. The van der Waals surface area contributed by atoms with Gasteiger partial charge in [0.05, 0.1) is 12.5 Å². The molecule has 0 aliphatic heterocycles. The van der Waals surface area contributed by atoms with Crippen LogP contribution >= 0.6 is 11.6 Å². The number of nitrogens with zero attached hydrogens (tertiary/aromatic N) is 3. The quantitative estimate of drug-likeness (QED) is 0.246. The minimum atomic E-state index is -1.13. The molecule has 0 N–H and O–H groups in total. The molecule has 2 rings (SSSR count). The predicted octanol–water partition coefficient (Wildman–Crippen LogP) is 3.58. The van der Waals surface area contributed by atoms with E-state index in [0.29, 0.717) is 29.5 Å². The molecule has 2 aromatic rings. The monoisotopic (exact) mass is 367 g/mol. The smallest absolute Gasteiger partial charge is 0.330 e. The lowest BCUT2D eigenvalue weighted by Gasteiger charge is -2.15. The van der Waals surface area contributed by atoms with Crippen molar-refractivity contribution in [2.75, 3.05) is 13.7 Å². The summed E-state index contributed by atoms with van der Waals surface area (Å²) in [5, 5.41) is 1.03. The third-order valence-electron chi connectivity index (χ3n) is 3.46. The summed E-state index contributed by atoms with van der Waals surface area (Å²) in [6.07, 6.45) is 6.24. The molecule has 2 heterocycles. The fourth-order valence-corrected chi connectivity index (χ4v) is 3.10. The Morgan fingerprint density at radius 2 is 2.12 bits per heavy atom. The van der Waals surface area contributed by atoms with Gasteiger partial charge in [0.25, 0.3) is 0 Å². The maximum Gasteiger partial charge on any atom is 0.330 e. The van der Waals surface area contributed by atoms with Crippen LogP contribution in [0.1, 0.15) is 5.56 Å². The normalized spacial score (nSPS) is 12.2. The standard InChI is InChI=1S/C16H22ClN3O3Si/c1-22-13(21)6-5-12-9-20(11-23-7-8-24(2,3)4)16-14(12)15(17)18-10-19-16/h5-6,9-10H,7-8,11H2,1-4H3/b6-5+. The van der Waals surface area contributed by atoms with Gasteiger partial charge in [-0.05, 0) is 12.1 Å². The number of fused-ring (bicyclic) bond motifs is 1. The first-order valence-electron chi connectivity index (χ1n) is 7.65. The van der Waals surface area contributed by atoms with Gasteiger partial charge in [-0.15, -0.1) is 0 Å². The zero-order chi connectivity index (χ0) is 17.7. The Morgan fingerprint density at radius 3 is 2.79 bits per heavy atom. The Bertz CT molecular complexity index is 753. The van der Waals surface area contributed by atoms with Crippen molar-refractivity contribution in [3.8, 4) is 0 Å². The van der Waals surface area contributed by atoms with Gasteiger partial charge in [-0.3, -0.25) is 0 Å². The second-order valence-corrected chi connectivity index (χ2v) is 12.6. The van der Waals surface area contributed by atoms with E-state index in [2.05, 4.69) is 34.3 Å². The zero-order valence-corrected chi connectivity index (χ0v) is 16.1. The van der Waals surface area contributed by atoms with Crippen LogP contribution < -0.4 is 0 Å². The van der Waals surface area contributed by atoms with Crippen molar-refractivity contribution in [2.24, 2.45) is 0 Å². The molecule has 0 bridgehead atoms. The third-order valence-corrected chi connectivity index (χ3v) is 5.45. The molecule has 0 unspecified atom stereocenters. The van der Waals surface area contributed by atoms with Crippen LogP contribution in [0.15, 0.2) is 18.6 Å². The van der Waals surface area contributed by atoms with E-state index in [4.69, 9.17) is 16.3 Å². The Morgan fingerprint density at radius 1 is 1.38 bits per heavy atom. The van der Waals surface area contributed by atoms with Gasteiger partial charge in [0.1, 0.15) is 23.9 Å². The van der Waals surface area contributed by atoms with Crippen molar-refractivity contribution in [3.05, 3.63) is 29.3 Å². The maximum atomic E-state index is 11.3. The van der Waals surface area contributed by atoms with Crippen LogP contribution in [0.2, 0.25) is 30.8 Å². The topological polar surface area (TPSA) is 66.2 Å². The van der Waals surface area contributed by atoms with E-state index in [9.17, 15) is 4.79 Å². The van der Waals surface area contributed by atoms with Crippen LogP contribution in [0, 0.1) is 0 Å². The van der Waals surface area contributed by atoms with Crippen LogP contribution in [0.25, 0.3) is 17.1 Å². The van der Waals surface area contributed by atoms with Gasteiger partial charge >= 0.3 is 5.97 Å². The van der Waals surface area contributed by atoms with Gasteiger partial charge in [-0.1, -0.05) is 31.2 Å². The summed E-state index contributed by atoms with van der Waals surface area (Å²) in [5.74, 6) is -0.435. The number of methoxy groups -OCH3 is 1. The van der Waals surface area contributed by atoms with E-state index in [1.807, 2.05) is 10.8 Å². The number of aromatic nitrogens is 3. The van der Waals surface area contributed by atoms with Crippen molar-refractivity contribution in [1.82, 2.24) is 14.5 Å². The van der Waals surface area contributed by atoms with Crippen molar-refractivity contribution in [2.45, 2.75) is 32.4 Å². The molecular weight excluding hydrogens is 346 g/mol. The highest BCUT2D eigenvalue weighted by Gasteiger charge is 2.14. The van der Waals surface area contributed by atoms with Crippen molar-refractivity contribution < 1.29 is 14.3 Å². The number of carbonyl (C=O) groups is 1. The summed E-state index contributed by atoms with van der Waals surface area (Å²) in [7, 11) is 0.206. The highest BCUT2D eigenvalue weighted by Crippen LogP contribution is 2.26. The summed E-state index contributed by atoms with van der Waals surface area (Å²) >= 11 is 6.20. The average Bonchev–Trinajstić information content (AvgIpc) is 2.88. The number of ether oxygens (including phenoxy) is 2. The molecule has 8 heteroatoms. The average molecular weight is 368 g/mol. The number of esters is 1. The van der Waals surface area contributed by atoms with Crippen LogP contribution in [0.4, 0.5) is 0 Å². The van der Waals surface area contributed by atoms with Crippen LogP contribution in [0.3, 0.4) is 0 Å². The molecule has 0 aliphatic rings. The van der Waals surface area contributed by atoms with Crippen LogP contribution in [0.5, 0.6) is 0 Å². The number of hydrogen-bond donors (Lipinski definition) is 0. The predicted molar refractivity (Wildman–Crippen MR) is 97.7 cm³/mol. The van der Waals surface area contributed by atoms with Gasteiger partial charge in [0, 0.05) is 32.5 Å². The first-order valence-corrected chi connectivity index (χ1v) is 11.7. The van der Waals surface area contributed by atoms with E-state index < -0.39 is 14.0 Å².